The second kappa shape index (κ2) is 7.86. The van der Waals surface area contributed by atoms with Crippen LogP contribution in [0.25, 0.3) is 5.69 Å². The van der Waals surface area contributed by atoms with Gasteiger partial charge in [0.2, 0.25) is 0 Å². The average Bonchev–Trinajstić information content (AvgIpc) is 3.13. The highest BCUT2D eigenvalue weighted by atomic mass is 32.2. The molecule has 2 heterocycles. The Kier molecular flexibility index (Phi) is 5.55. The van der Waals surface area contributed by atoms with Crippen LogP contribution in [0.1, 0.15) is 18.4 Å². The molecule has 1 aliphatic rings. The second-order valence-electron chi connectivity index (χ2n) is 6.67. The summed E-state index contributed by atoms with van der Waals surface area (Å²) in [7, 11) is -3.03. The zero-order valence-electron chi connectivity index (χ0n) is 14.7. The Labute approximate surface area is 153 Å². The third-order valence-electron chi connectivity index (χ3n) is 4.43. The van der Waals surface area contributed by atoms with Gasteiger partial charge in [-0.2, -0.15) is 5.10 Å². The van der Waals surface area contributed by atoms with E-state index >= 15 is 0 Å². The van der Waals surface area contributed by atoms with Crippen molar-refractivity contribution in [3.8, 4) is 5.69 Å². The first kappa shape index (κ1) is 18.4. The molecule has 1 aromatic heterocycles. The van der Waals surface area contributed by atoms with Crippen molar-refractivity contribution in [2.75, 3.05) is 25.1 Å². The first-order chi connectivity index (χ1) is 12.4. The van der Waals surface area contributed by atoms with E-state index in [1.807, 2.05) is 24.3 Å². The lowest BCUT2D eigenvalue weighted by Crippen LogP contribution is -2.46. The fourth-order valence-corrected chi connectivity index (χ4v) is 4.44. The average molecular weight is 377 g/mol. The second-order valence-corrected chi connectivity index (χ2v) is 8.86. The molecule has 26 heavy (non-hydrogen) atoms. The van der Waals surface area contributed by atoms with Crippen molar-refractivity contribution in [2.24, 2.45) is 5.92 Å². The van der Waals surface area contributed by atoms with Gasteiger partial charge in [0, 0.05) is 25.9 Å². The first-order valence-electron chi connectivity index (χ1n) is 8.56. The quantitative estimate of drug-likeness (QED) is 0.845. The number of benzene rings is 1. The highest BCUT2D eigenvalue weighted by molar-refractivity contribution is 7.90. The molecule has 3 rings (SSSR count). The molecule has 0 aliphatic carbocycles. The Bertz CT molecular complexity index is 851. The summed E-state index contributed by atoms with van der Waals surface area (Å²) in [5.41, 5.74) is 1.79. The summed E-state index contributed by atoms with van der Waals surface area (Å²) in [5, 5.41) is 7.06. The molecule has 0 bridgehead atoms. The van der Waals surface area contributed by atoms with Crippen LogP contribution >= 0.6 is 0 Å². The van der Waals surface area contributed by atoms with E-state index in [9.17, 15) is 13.2 Å². The van der Waals surface area contributed by atoms with E-state index in [0.717, 1.165) is 24.1 Å². The molecule has 1 atom stereocenters. The number of hydrogen-bond acceptors (Lipinski definition) is 5. The topological polar surface area (TPSA) is 97.2 Å². The maximum atomic E-state index is 12.5. The van der Waals surface area contributed by atoms with Gasteiger partial charge in [-0.3, -0.25) is 0 Å². The molecule has 8 nitrogen and oxygen atoms in total. The van der Waals surface area contributed by atoms with Crippen molar-refractivity contribution >= 4 is 15.9 Å². The highest BCUT2D eigenvalue weighted by Gasteiger charge is 2.26. The standard InChI is InChI=1S/C17H23N5O3S/c1-26(24,25)11-14-5-4-8-21(10-14)17(23)19-9-15-6-2-3-7-16(15)22-13-18-12-20-22/h2-3,6-7,12-14H,4-5,8-11H2,1H3,(H,19,23)/t14-/m0/s1. The number of aromatic nitrogens is 3. The van der Waals surface area contributed by atoms with Crippen LogP contribution in [0.5, 0.6) is 0 Å². The first-order valence-corrected chi connectivity index (χ1v) is 10.6. The van der Waals surface area contributed by atoms with Gasteiger partial charge in [-0.25, -0.2) is 22.9 Å². The fourth-order valence-electron chi connectivity index (χ4n) is 3.31. The molecule has 0 saturated carbocycles. The van der Waals surface area contributed by atoms with Crippen LogP contribution in [0.2, 0.25) is 0 Å². The predicted molar refractivity (Wildman–Crippen MR) is 97.6 cm³/mol. The lowest BCUT2D eigenvalue weighted by atomic mass is 10.0. The minimum atomic E-state index is -3.03. The summed E-state index contributed by atoms with van der Waals surface area (Å²) in [6, 6.07) is 7.49. The Morgan fingerprint density at radius 3 is 2.88 bits per heavy atom. The number of nitrogens with zero attached hydrogens (tertiary/aromatic N) is 4. The SMILES string of the molecule is CS(=O)(=O)C[C@H]1CCCN(C(=O)NCc2ccccc2-n2cncn2)C1. The van der Waals surface area contributed by atoms with Crippen molar-refractivity contribution in [3.05, 3.63) is 42.5 Å². The molecular formula is C17H23N5O3S. The molecule has 1 fully saturated rings. The van der Waals surface area contributed by atoms with Gasteiger partial charge in [0.05, 0.1) is 11.4 Å². The normalized spacial score (nSPS) is 17.9. The van der Waals surface area contributed by atoms with Gasteiger partial charge in [0.15, 0.2) is 0 Å². The number of amides is 2. The maximum Gasteiger partial charge on any atom is 0.317 e. The van der Waals surface area contributed by atoms with Gasteiger partial charge in [0.1, 0.15) is 22.5 Å². The summed E-state index contributed by atoms with van der Waals surface area (Å²) >= 11 is 0. The molecule has 0 radical (unpaired) electrons. The van der Waals surface area contributed by atoms with E-state index in [4.69, 9.17) is 0 Å². The molecular weight excluding hydrogens is 354 g/mol. The third kappa shape index (κ3) is 4.81. The fraction of sp³-hybridized carbons (Fsp3) is 0.471. The number of para-hydroxylation sites is 1. The van der Waals surface area contributed by atoms with Crippen molar-refractivity contribution < 1.29 is 13.2 Å². The number of piperidine rings is 1. The molecule has 2 amide bonds. The van der Waals surface area contributed by atoms with Crippen LogP contribution in [0, 0.1) is 5.92 Å². The van der Waals surface area contributed by atoms with E-state index < -0.39 is 9.84 Å². The molecule has 0 unspecified atom stereocenters. The Hall–Kier alpha value is -2.42. The number of rotatable bonds is 5. The van der Waals surface area contributed by atoms with Gasteiger partial charge in [-0.05, 0) is 30.4 Å². The lowest BCUT2D eigenvalue weighted by molar-refractivity contribution is 0.170. The minimum absolute atomic E-state index is 0.00642. The van der Waals surface area contributed by atoms with Gasteiger partial charge < -0.3 is 10.2 Å². The van der Waals surface area contributed by atoms with Crippen molar-refractivity contribution in [3.63, 3.8) is 0 Å². The van der Waals surface area contributed by atoms with Gasteiger partial charge in [-0.1, -0.05) is 18.2 Å². The van der Waals surface area contributed by atoms with E-state index in [0.29, 0.717) is 19.6 Å². The summed E-state index contributed by atoms with van der Waals surface area (Å²) in [6.45, 7) is 1.49. The largest absolute Gasteiger partial charge is 0.334 e. The van der Waals surface area contributed by atoms with Crippen LogP contribution in [0.15, 0.2) is 36.9 Å². The van der Waals surface area contributed by atoms with Gasteiger partial charge >= 0.3 is 6.03 Å². The number of likely N-dealkylation sites (tertiary alicyclic amines) is 1. The van der Waals surface area contributed by atoms with E-state index in [2.05, 4.69) is 15.4 Å². The van der Waals surface area contributed by atoms with Crippen LogP contribution in [0.3, 0.4) is 0 Å². The molecule has 0 spiro atoms. The Morgan fingerprint density at radius 1 is 1.35 bits per heavy atom. The smallest absolute Gasteiger partial charge is 0.317 e. The van der Waals surface area contributed by atoms with Crippen molar-refractivity contribution in [2.45, 2.75) is 19.4 Å². The summed E-state index contributed by atoms with van der Waals surface area (Å²) < 4.78 is 24.7. The van der Waals surface area contributed by atoms with E-state index in [1.54, 1.807) is 15.9 Å². The number of sulfone groups is 1. The molecule has 1 aliphatic heterocycles. The zero-order valence-corrected chi connectivity index (χ0v) is 15.5. The number of urea groups is 1. The summed E-state index contributed by atoms with van der Waals surface area (Å²) in [4.78, 5) is 18.2. The van der Waals surface area contributed by atoms with E-state index in [1.165, 1.54) is 12.6 Å². The highest BCUT2D eigenvalue weighted by Crippen LogP contribution is 2.18. The number of carbonyl (C=O) groups excluding carboxylic acids is 1. The van der Waals surface area contributed by atoms with Gasteiger partial charge in [-0.15, -0.1) is 0 Å². The number of carbonyl (C=O) groups is 1. The van der Waals surface area contributed by atoms with Gasteiger partial charge in [0.25, 0.3) is 0 Å². The Balaban J connectivity index is 1.61. The molecule has 1 aromatic carbocycles. The summed E-state index contributed by atoms with van der Waals surface area (Å²) in [6.07, 6.45) is 5.98. The minimum Gasteiger partial charge on any atom is -0.334 e. The lowest BCUT2D eigenvalue weighted by Gasteiger charge is -2.32. The van der Waals surface area contributed by atoms with Crippen LogP contribution < -0.4 is 5.32 Å². The molecule has 140 valence electrons. The number of nitrogens with one attached hydrogen (secondary N) is 1. The Morgan fingerprint density at radius 2 is 2.15 bits per heavy atom. The number of hydrogen-bond donors (Lipinski definition) is 1. The van der Waals surface area contributed by atoms with Crippen molar-refractivity contribution in [1.82, 2.24) is 25.0 Å². The summed E-state index contributed by atoms with van der Waals surface area (Å²) in [5.74, 6) is 0.137. The molecule has 2 aromatic rings. The molecule has 1 N–H and O–H groups in total. The van der Waals surface area contributed by atoms with Crippen LogP contribution in [-0.2, 0) is 16.4 Å². The van der Waals surface area contributed by atoms with Crippen LogP contribution in [0.4, 0.5) is 4.79 Å². The predicted octanol–water partition coefficient (Wildman–Crippen LogP) is 1.23. The maximum absolute atomic E-state index is 12.5. The monoisotopic (exact) mass is 377 g/mol. The van der Waals surface area contributed by atoms with Crippen molar-refractivity contribution in [1.29, 1.82) is 0 Å². The molecule has 1 saturated heterocycles. The molecule has 9 heteroatoms. The van der Waals surface area contributed by atoms with E-state index in [-0.39, 0.29) is 17.7 Å². The third-order valence-corrected chi connectivity index (χ3v) is 5.51. The van der Waals surface area contributed by atoms with Crippen LogP contribution in [-0.4, -0.2) is 59.2 Å². The zero-order chi connectivity index (χ0) is 18.6.